The molecule has 1 aromatic heterocycles. The van der Waals surface area contributed by atoms with Crippen molar-refractivity contribution in [1.29, 1.82) is 0 Å². The average molecular weight is 410 g/mol. The van der Waals surface area contributed by atoms with Gasteiger partial charge in [-0.3, -0.25) is 4.79 Å². The van der Waals surface area contributed by atoms with Crippen molar-refractivity contribution in [3.8, 4) is 0 Å². The van der Waals surface area contributed by atoms with Gasteiger partial charge in [0, 0.05) is 11.8 Å². The number of benzene rings is 2. The first-order chi connectivity index (χ1) is 12.9. The fraction of sp³-hybridized carbons (Fsp3) is 0.118. The van der Waals surface area contributed by atoms with Crippen molar-refractivity contribution < 1.29 is 18.0 Å². The van der Waals surface area contributed by atoms with Gasteiger partial charge >= 0.3 is 0 Å². The largest absolute Gasteiger partial charge is 0.330 e. The molecular formula is C17H13F3N4OS2. The van der Waals surface area contributed by atoms with Crippen LogP contribution in [0.2, 0.25) is 0 Å². The number of carbonyl (C=O) groups is 1. The van der Waals surface area contributed by atoms with Crippen molar-refractivity contribution in [3.63, 3.8) is 0 Å². The molecule has 10 heteroatoms. The number of halogens is 3. The molecule has 0 unspecified atom stereocenters. The molecule has 0 fully saturated rings. The zero-order valence-electron chi connectivity index (χ0n) is 13.9. The van der Waals surface area contributed by atoms with E-state index in [2.05, 4.69) is 20.8 Å². The fourth-order valence-electron chi connectivity index (χ4n) is 2.03. The molecule has 0 saturated carbocycles. The summed E-state index contributed by atoms with van der Waals surface area (Å²) in [4.78, 5) is 12.2. The van der Waals surface area contributed by atoms with Crippen LogP contribution in [0.5, 0.6) is 0 Å². The van der Waals surface area contributed by atoms with Crippen molar-refractivity contribution in [2.24, 2.45) is 0 Å². The molecule has 1 amide bonds. The maximum Gasteiger partial charge on any atom is 0.237 e. The van der Waals surface area contributed by atoms with Gasteiger partial charge in [0.05, 0.1) is 10.9 Å². The van der Waals surface area contributed by atoms with E-state index in [1.165, 1.54) is 23.5 Å². The Morgan fingerprint density at radius 2 is 1.89 bits per heavy atom. The molecule has 0 saturated heterocycles. The third-order valence-corrected chi connectivity index (χ3v) is 5.34. The summed E-state index contributed by atoms with van der Waals surface area (Å²) in [6.45, 7) is 1.61. The molecule has 0 aliphatic carbocycles. The van der Waals surface area contributed by atoms with Crippen LogP contribution in [-0.2, 0) is 4.79 Å². The average Bonchev–Trinajstić information content (AvgIpc) is 3.05. The van der Waals surface area contributed by atoms with Crippen LogP contribution in [0.4, 0.5) is 29.7 Å². The second-order valence-corrected chi connectivity index (χ2v) is 7.95. The van der Waals surface area contributed by atoms with E-state index in [1.807, 2.05) is 0 Å². The minimum absolute atomic E-state index is 0.224. The Morgan fingerprint density at radius 3 is 2.67 bits per heavy atom. The van der Waals surface area contributed by atoms with Crippen molar-refractivity contribution in [1.82, 2.24) is 10.2 Å². The van der Waals surface area contributed by atoms with Crippen LogP contribution in [0.15, 0.2) is 46.8 Å². The highest BCUT2D eigenvalue weighted by molar-refractivity contribution is 8.02. The Balaban J connectivity index is 1.60. The van der Waals surface area contributed by atoms with Crippen LogP contribution in [0, 0.1) is 17.5 Å². The van der Waals surface area contributed by atoms with E-state index in [-0.39, 0.29) is 11.5 Å². The first kappa shape index (κ1) is 19.2. The fourth-order valence-corrected chi connectivity index (χ4v) is 3.95. The van der Waals surface area contributed by atoms with Gasteiger partial charge < -0.3 is 10.6 Å². The van der Waals surface area contributed by atoms with Crippen LogP contribution in [0.3, 0.4) is 0 Å². The molecule has 0 aliphatic heterocycles. The lowest BCUT2D eigenvalue weighted by molar-refractivity contribution is -0.115. The van der Waals surface area contributed by atoms with Crippen LogP contribution in [0.25, 0.3) is 0 Å². The molecule has 0 aliphatic rings. The van der Waals surface area contributed by atoms with E-state index >= 15 is 0 Å². The standard InChI is InChI=1S/C17H13F3N4OS2/c1-9(15(25)22-14-8-11(19)5-6-13(14)20)26-17-24-23-16(27-17)21-12-4-2-3-10(18)7-12/h2-9H,1H3,(H,21,23)(H,22,25)/t9-/m1/s1. The normalized spacial score (nSPS) is 11.9. The highest BCUT2D eigenvalue weighted by Crippen LogP contribution is 2.31. The lowest BCUT2D eigenvalue weighted by atomic mass is 10.3. The van der Waals surface area contributed by atoms with Crippen LogP contribution < -0.4 is 10.6 Å². The lowest BCUT2D eigenvalue weighted by Crippen LogP contribution is -2.23. The van der Waals surface area contributed by atoms with Crippen molar-refractivity contribution in [3.05, 3.63) is 59.9 Å². The summed E-state index contributed by atoms with van der Waals surface area (Å²) in [5.41, 5.74) is 0.299. The summed E-state index contributed by atoms with van der Waals surface area (Å²) in [6, 6.07) is 8.71. The number of rotatable bonds is 6. The van der Waals surface area contributed by atoms with Crippen LogP contribution in [0.1, 0.15) is 6.92 Å². The molecular weight excluding hydrogens is 397 g/mol. The van der Waals surface area contributed by atoms with E-state index in [4.69, 9.17) is 0 Å². The number of nitrogens with zero attached hydrogens (tertiary/aromatic N) is 2. The maximum absolute atomic E-state index is 13.6. The van der Waals surface area contributed by atoms with Crippen molar-refractivity contribution in [2.75, 3.05) is 10.6 Å². The minimum Gasteiger partial charge on any atom is -0.330 e. The summed E-state index contributed by atoms with van der Waals surface area (Å²) in [6.07, 6.45) is 0. The van der Waals surface area contributed by atoms with Gasteiger partial charge in [-0.15, -0.1) is 10.2 Å². The van der Waals surface area contributed by atoms with Gasteiger partial charge in [0.2, 0.25) is 11.0 Å². The number of hydrogen-bond acceptors (Lipinski definition) is 6. The molecule has 0 spiro atoms. The van der Waals surface area contributed by atoms with Gasteiger partial charge in [-0.2, -0.15) is 0 Å². The van der Waals surface area contributed by atoms with Gasteiger partial charge in [0.1, 0.15) is 17.5 Å². The zero-order valence-corrected chi connectivity index (χ0v) is 15.5. The quantitative estimate of drug-likeness (QED) is 0.571. The molecule has 2 N–H and O–H groups in total. The SMILES string of the molecule is C[C@@H](Sc1nnc(Nc2cccc(F)c2)s1)C(=O)Nc1cc(F)ccc1F. The molecule has 140 valence electrons. The summed E-state index contributed by atoms with van der Waals surface area (Å²) < 4.78 is 40.5. The van der Waals surface area contributed by atoms with Gasteiger partial charge in [-0.25, -0.2) is 13.2 Å². The van der Waals surface area contributed by atoms with Gasteiger partial charge in [0.15, 0.2) is 4.34 Å². The number of amides is 1. The molecule has 0 bridgehead atoms. The first-order valence-corrected chi connectivity index (χ1v) is 9.39. The van der Waals surface area contributed by atoms with E-state index in [9.17, 15) is 18.0 Å². The number of hydrogen-bond donors (Lipinski definition) is 2. The molecule has 1 heterocycles. The Bertz CT molecular complexity index is 967. The Kier molecular flexibility index (Phi) is 5.97. The van der Waals surface area contributed by atoms with Crippen LogP contribution >= 0.6 is 23.1 Å². The van der Waals surface area contributed by atoms with Gasteiger partial charge in [-0.05, 0) is 37.3 Å². The second-order valence-electron chi connectivity index (χ2n) is 5.38. The zero-order chi connectivity index (χ0) is 19.4. The van der Waals surface area contributed by atoms with E-state index in [1.54, 1.807) is 19.1 Å². The van der Waals surface area contributed by atoms with Gasteiger partial charge in [0.25, 0.3) is 0 Å². The summed E-state index contributed by atoms with van der Waals surface area (Å²) in [7, 11) is 0. The Hall–Kier alpha value is -2.59. The molecule has 3 aromatic rings. The third kappa shape index (κ3) is 5.20. The minimum atomic E-state index is -0.723. The Labute approximate surface area is 161 Å². The predicted octanol–water partition coefficient (Wildman–Crippen LogP) is 4.82. The van der Waals surface area contributed by atoms with E-state index < -0.39 is 22.8 Å². The maximum atomic E-state index is 13.6. The monoisotopic (exact) mass is 410 g/mol. The number of anilines is 3. The van der Waals surface area contributed by atoms with Crippen molar-refractivity contribution >= 4 is 45.5 Å². The molecule has 0 radical (unpaired) electrons. The number of carbonyl (C=O) groups excluding carboxylic acids is 1. The molecule has 5 nitrogen and oxygen atoms in total. The first-order valence-electron chi connectivity index (χ1n) is 7.69. The number of nitrogens with one attached hydrogen (secondary N) is 2. The number of aromatic nitrogens is 2. The molecule has 1 atom stereocenters. The van der Waals surface area contributed by atoms with Crippen LogP contribution in [-0.4, -0.2) is 21.4 Å². The summed E-state index contributed by atoms with van der Waals surface area (Å²) in [5.74, 6) is -2.25. The topological polar surface area (TPSA) is 66.9 Å². The number of thioether (sulfide) groups is 1. The van der Waals surface area contributed by atoms with E-state index in [0.29, 0.717) is 15.2 Å². The highest BCUT2D eigenvalue weighted by atomic mass is 32.2. The second kappa shape index (κ2) is 8.40. The smallest absolute Gasteiger partial charge is 0.237 e. The molecule has 27 heavy (non-hydrogen) atoms. The summed E-state index contributed by atoms with van der Waals surface area (Å²) in [5, 5.41) is 13.0. The molecule has 3 rings (SSSR count). The Morgan fingerprint density at radius 1 is 1.11 bits per heavy atom. The van der Waals surface area contributed by atoms with E-state index in [0.717, 1.165) is 30.0 Å². The predicted molar refractivity (Wildman–Crippen MR) is 99.9 cm³/mol. The van der Waals surface area contributed by atoms with Crippen molar-refractivity contribution in [2.45, 2.75) is 16.5 Å². The highest BCUT2D eigenvalue weighted by Gasteiger charge is 2.19. The third-order valence-electron chi connectivity index (χ3n) is 3.32. The molecule has 2 aromatic carbocycles. The van der Waals surface area contributed by atoms with Gasteiger partial charge in [-0.1, -0.05) is 29.2 Å². The summed E-state index contributed by atoms with van der Waals surface area (Å²) >= 11 is 2.30. The lowest BCUT2D eigenvalue weighted by Gasteiger charge is -2.10.